The summed E-state index contributed by atoms with van der Waals surface area (Å²) in [4.78, 5) is 44.4. The van der Waals surface area contributed by atoms with Crippen molar-refractivity contribution in [1.82, 2.24) is 30.2 Å². The predicted molar refractivity (Wildman–Crippen MR) is 266 cm³/mol. The summed E-state index contributed by atoms with van der Waals surface area (Å²) in [6.07, 6.45) is 12.1. The molecule has 10 nitrogen and oxygen atoms in total. The Morgan fingerprint density at radius 2 is 1.69 bits per heavy atom. The second-order valence-electron chi connectivity index (χ2n) is 19.4. The van der Waals surface area contributed by atoms with Crippen LogP contribution in [0.4, 0.5) is 13.2 Å². The summed E-state index contributed by atoms with van der Waals surface area (Å²) < 4.78 is 50.8. The van der Waals surface area contributed by atoms with Crippen LogP contribution in [-0.2, 0) is 32.1 Å². The van der Waals surface area contributed by atoms with Crippen LogP contribution in [0.3, 0.4) is 0 Å². The zero-order valence-corrected chi connectivity index (χ0v) is 42.7. The molecule has 3 unspecified atom stereocenters. The molecule has 2 N–H and O–H groups in total. The normalized spacial score (nSPS) is 18.5. The van der Waals surface area contributed by atoms with E-state index in [9.17, 15) is 27.6 Å². The van der Waals surface area contributed by atoms with Gasteiger partial charge in [0, 0.05) is 74.3 Å². The summed E-state index contributed by atoms with van der Waals surface area (Å²) >= 11 is 0. The van der Waals surface area contributed by atoms with Gasteiger partial charge >= 0.3 is 6.18 Å². The van der Waals surface area contributed by atoms with E-state index >= 15 is 0 Å². The maximum atomic E-state index is 14.5. The Labute approximate surface area is 400 Å². The van der Waals surface area contributed by atoms with Crippen LogP contribution in [0.5, 0.6) is 0 Å². The standard InChI is InChI=1S/C45H63F3N6O3.C5H8O.2C2H6/c1-8-44(5,6)24-37-35-23-33(17-18-39(35)53(28-45(46,47)48)41(37)36-22-29(2)25-49-40(36)31(4)57-7)34-16-13-20-52(26-34)27-38(43(56)54-21-12-11-19-50-54)51-42(55)30(3)32-14-9-10-15-32;6-4-5-2-1-3-5;2*1-2/h16-18,22-23,25,30-32,38,50H,8-15,19-21,24,26-28H2,1-7H3,(H,51,55);4-5H,1-3H2;2*1-2H3. The van der Waals surface area contributed by atoms with E-state index in [-0.39, 0.29) is 23.1 Å². The molecule has 4 heterocycles. The fraction of sp³-hybridized carbons (Fsp3) is 0.667. The molecule has 67 heavy (non-hydrogen) atoms. The van der Waals surface area contributed by atoms with Gasteiger partial charge in [0.2, 0.25) is 5.91 Å². The highest BCUT2D eigenvalue weighted by Crippen LogP contribution is 2.43. The molecule has 2 aromatic heterocycles. The number of rotatable bonds is 15. The summed E-state index contributed by atoms with van der Waals surface area (Å²) in [5, 5.41) is 5.64. The zero-order chi connectivity index (χ0) is 49.5. The van der Waals surface area contributed by atoms with E-state index in [1.54, 1.807) is 18.3 Å². The summed E-state index contributed by atoms with van der Waals surface area (Å²) in [5.74, 6) is 0.430. The molecule has 1 aromatic carbocycles. The Balaban J connectivity index is 0.000000886. The number of ether oxygens (including phenoxy) is 1. The minimum Gasteiger partial charge on any atom is -0.375 e. The molecule has 1 saturated heterocycles. The molecule has 2 aliphatic heterocycles. The number of methoxy groups -OCH3 is 1. The number of aromatic nitrogens is 2. The number of nitrogens with one attached hydrogen (secondary N) is 2. The second kappa shape index (κ2) is 26.1. The van der Waals surface area contributed by atoms with E-state index < -0.39 is 24.9 Å². The average Bonchev–Trinajstić information content (AvgIpc) is 3.95. The molecule has 3 atom stereocenters. The third kappa shape index (κ3) is 15.0. The van der Waals surface area contributed by atoms with Crippen LogP contribution in [0.2, 0.25) is 0 Å². The van der Waals surface area contributed by atoms with Crippen LogP contribution >= 0.6 is 0 Å². The van der Waals surface area contributed by atoms with Crippen molar-refractivity contribution >= 4 is 34.6 Å². The van der Waals surface area contributed by atoms with Crippen molar-refractivity contribution in [2.24, 2.45) is 23.2 Å². The van der Waals surface area contributed by atoms with Crippen LogP contribution in [0.25, 0.3) is 27.7 Å². The Hall–Kier alpha value is -4.07. The number of carbonyl (C=O) groups is 3. The van der Waals surface area contributed by atoms with Gasteiger partial charge in [-0.2, -0.15) is 13.2 Å². The zero-order valence-electron chi connectivity index (χ0n) is 42.7. The number of carbonyl (C=O) groups excluding carboxylic acids is 3. The fourth-order valence-electron chi connectivity index (χ4n) is 9.49. The number of benzene rings is 1. The first kappa shape index (κ1) is 55.5. The highest BCUT2D eigenvalue weighted by molar-refractivity contribution is 5.95. The monoisotopic (exact) mass is 937 g/mol. The summed E-state index contributed by atoms with van der Waals surface area (Å²) in [7, 11) is 1.59. The number of aldehydes is 1. The van der Waals surface area contributed by atoms with Crippen molar-refractivity contribution in [3.05, 3.63) is 58.9 Å². The minimum atomic E-state index is -4.46. The maximum Gasteiger partial charge on any atom is 0.406 e. The first-order chi connectivity index (χ1) is 32.0. The Kier molecular flexibility index (Phi) is 21.6. The lowest BCUT2D eigenvalue weighted by molar-refractivity contribution is -0.141. The van der Waals surface area contributed by atoms with E-state index in [1.807, 2.05) is 66.7 Å². The number of amides is 2. The molecule has 0 radical (unpaired) electrons. The Bertz CT molecular complexity index is 2080. The molecule has 2 saturated carbocycles. The number of pyridine rings is 1. The number of halogens is 3. The van der Waals surface area contributed by atoms with Crippen molar-refractivity contribution in [3.63, 3.8) is 0 Å². The first-order valence-corrected chi connectivity index (χ1v) is 25.5. The van der Waals surface area contributed by atoms with Crippen LogP contribution in [0.15, 0.2) is 36.5 Å². The van der Waals surface area contributed by atoms with E-state index in [2.05, 4.69) is 48.6 Å². The van der Waals surface area contributed by atoms with Gasteiger partial charge in [0.05, 0.1) is 17.5 Å². The van der Waals surface area contributed by atoms with Crippen LogP contribution in [-0.4, -0.2) is 89.6 Å². The highest BCUT2D eigenvalue weighted by atomic mass is 19.4. The largest absolute Gasteiger partial charge is 0.406 e. The predicted octanol–water partition coefficient (Wildman–Crippen LogP) is 11.8. The maximum absolute atomic E-state index is 14.5. The number of aryl methyl sites for hydroxylation is 1. The van der Waals surface area contributed by atoms with Gasteiger partial charge in [0.1, 0.15) is 18.9 Å². The first-order valence-electron chi connectivity index (χ1n) is 25.5. The van der Waals surface area contributed by atoms with E-state index in [0.717, 1.165) is 111 Å². The number of fused-ring (bicyclic) bond motifs is 1. The van der Waals surface area contributed by atoms with Crippen molar-refractivity contribution in [2.45, 2.75) is 171 Å². The molecule has 2 aliphatic carbocycles. The van der Waals surface area contributed by atoms with Gasteiger partial charge in [-0.15, -0.1) is 0 Å². The summed E-state index contributed by atoms with van der Waals surface area (Å²) in [6, 6.07) is 7.07. The molecular weight excluding hydrogens is 854 g/mol. The lowest BCUT2D eigenvalue weighted by Crippen LogP contribution is -2.59. The van der Waals surface area contributed by atoms with Crippen LogP contribution < -0.4 is 10.7 Å². The molecule has 3 fully saturated rings. The van der Waals surface area contributed by atoms with E-state index in [0.29, 0.717) is 60.4 Å². The number of hydrazine groups is 1. The van der Waals surface area contributed by atoms with Crippen LogP contribution in [0.1, 0.15) is 161 Å². The van der Waals surface area contributed by atoms with Gasteiger partial charge in [-0.25, -0.2) is 5.43 Å². The molecular formula is C54H83F3N6O4. The summed E-state index contributed by atoms with van der Waals surface area (Å²) in [6.45, 7) is 22.0. The van der Waals surface area contributed by atoms with Crippen LogP contribution in [0, 0.1) is 30.1 Å². The van der Waals surface area contributed by atoms with Gasteiger partial charge < -0.3 is 19.4 Å². The van der Waals surface area contributed by atoms with Crippen molar-refractivity contribution in [1.29, 1.82) is 0 Å². The molecule has 0 spiro atoms. The van der Waals surface area contributed by atoms with Gasteiger partial charge in [-0.05, 0) is 117 Å². The number of hydrogen-bond donors (Lipinski definition) is 2. The average molecular weight is 937 g/mol. The number of hydrogen-bond acceptors (Lipinski definition) is 7. The molecule has 2 amide bonds. The SMILES string of the molecule is CC.CC.CCC(C)(C)Cc1c(-c2cc(C)cnc2C(C)OC)n(CC(F)(F)F)c2ccc(C3=CCCN(CC(NC(=O)C(C)C4CCCC4)C(=O)N4CCCCN4)C3)cc12.O=CC1CCC1. The molecule has 7 rings (SSSR count). The van der Waals surface area contributed by atoms with Gasteiger partial charge in [0.15, 0.2) is 0 Å². The second-order valence-corrected chi connectivity index (χ2v) is 19.4. The van der Waals surface area contributed by atoms with E-state index in [4.69, 9.17) is 9.72 Å². The summed E-state index contributed by atoms with van der Waals surface area (Å²) in [5.41, 5.74) is 9.06. The number of nitrogens with zero attached hydrogens (tertiary/aromatic N) is 4. The molecule has 3 aromatic rings. The lowest BCUT2D eigenvalue weighted by atomic mass is 9.81. The topological polar surface area (TPSA) is 109 Å². The molecule has 374 valence electrons. The number of alkyl halides is 3. The highest BCUT2D eigenvalue weighted by Gasteiger charge is 2.36. The third-order valence-corrected chi connectivity index (χ3v) is 14.1. The fourth-order valence-corrected chi connectivity index (χ4v) is 9.49. The van der Waals surface area contributed by atoms with Crippen molar-refractivity contribution in [2.75, 3.05) is 39.8 Å². The van der Waals surface area contributed by atoms with Gasteiger partial charge in [-0.3, -0.25) is 24.5 Å². The third-order valence-electron chi connectivity index (χ3n) is 14.1. The van der Waals surface area contributed by atoms with Crippen molar-refractivity contribution in [3.8, 4) is 11.3 Å². The molecule has 13 heteroatoms. The Morgan fingerprint density at radius 1 is 0.985 bits per heavy atom. The quantitative estimate of drug-likeness (QED) is 0.146. The molecule has 4 aliphatic rings. The minimum absolute atomic E-state index is 0.0657. The molecule has 0 bridgehead atoms. The van der Waals surface area contributed by atoms with Gasteiger partial charge in [-0.1, -0.05) is 93.2 Å². The lowest BCUT2D eigenvalue weighted by Gasteiger charge is -2.35. The van der Waals surface area contributed by atoms with Crippen molar-refractivity contribution < 1.29 is 32.3 Å². The smallest absolute Gasteiger partial charge is 0.375 e. The van der Waals surface area contributed by atoms with Gasteiger partial charge in [0.25, 0.3) is 5.91 Å². The Morgan fingerprint density at radius 3 is 2.25 bits per heavy atom. The van der Waals surface area contributed by atoms with E-state index in [1.165, 1.54) is 11.0 Å².